The molecule has 0 bridgehead atoms. The van der Waals surface area contributed by atoms with Crippen molar-refractivity contribution in [1.82, 2.24) is 24.9 Å². The SMILES string of the molecule is OCCNCCCCCCc1cc(Cl)nc2ncnn12. The van der Waals surface area contributed by atoms with Gasteiger partial charge >= 0.3 is 0 Å². The van der Waals surface area contributed by atoms with Gasteiger partial charge in [0, 0.05) is 12.2 Å². The number of unbranched alkanes of at least 4 members (excludes halogenated alkanes) is 3. The molecule has 2 heterocycles. The van der Waals surface area contributed by atoms with Gasteiger partial charge in [0.15, 0.2) is 0 Å². The highest BCUT2D eigenvalue weighted by Crippen LogP contribution is 2.13. The van der Waals surface area contributed by atoms with Crippen LogP contribution in [0, 0.1) is 0 Å². The monoisotopic (exact) mass is 297 g/mol. The maximum absolute atomic E-state index is 8.63. The van der Waals surface area contributed by atoms with E-state index < -0.39 is 0 Å². The van der Waals surface area contributed by atoms with E-state index in [9.17, 15) is 0 Å². The van der Waals surface area contributed by atoms with Crippen molar-refractivity contribution >= 4 is 17.4 Å². The number of aliphatic hydroxyl groups is 1. The molecule has 0 amide bonds. The largest absolute Gasteiger partial charge is 0.395 e. The molecular formula is C13H20ClN5O. The molecule has 0 unspecified atom stereocenters. The van der Waals surface area contributed by atoms with Crippen molar-refractivity contribution in [1.29, 1.82) is 0 Å². The van der Waals surface area contributed by atoms with Crippen molar-refractivity contribution in [2.24, 2.45) is 0 Å². The lowest BCUT2D eigenvalue weighted by Crippen LogP contribution is -2.19. The maximum atomic E-state index is 8.63. The summed E-state index contributed by atoms with van der Waals surface area (Å²) in [4.78, 5) is 8.16. The first kappa shape index (κ1) is 15.2. The van der Waals surface area contributed by atoms with E-state index in [4.69, 9.17) is 16.7 Å². The molecule has 0 aliphatic rings. The number of hydrogen-bond acceptors (Lipinski definition) is 5. The van der Waals surface area contributed by atoms with Gasteiger partial charge in [0.1, 0.15) is 11.5 Å². The predicted molar refractivity (Wildman–Crippen MR) is 77.9 cm³/mol. The highest BCUT2D eigenvalue weighted by atomic mass is 35.5. The van der Waals surface area contributed by atoms with Gasteiger partial charge in [0.05, 0.1) is 6.61 Å². The Morgan fingerprint density at radius 3 is 2.90 bits per heavy atom. The molecule has 2 rings (SSSR count). The van der Waals surface area contributed by atoms with Crippen molar-refractivity contribution in [3.63, 3.8) is 0 Å². The number of nitrogens with zero attached hydrogens (tertiary/aromatic N) is 4. The van der Waals surface area contributed by atoms with Gasteiger partial charge in [0.25, 0.3) is 5.78 Å². The Hall–Kier alpha value is -1.24. The van der Waals surface area contributed by atoms with Crippen LogP contribution in [0.25, 0.3) is 5.78 Å². The quantitative estimate of drug-likeness (QED) is 0.541. The number of aliphatic hydroxyl groups excluding tert-OH is 1. The van der Waals surface area contributed by atoms with Crippen LogP contribution >= 0.6 is 11.6 Å². The maximum Gasteiger partial charge on any atom is 0.253 e. The molecule has 0 saturated carbocycles. The number of rotatable bonds is 9. The van der Waals surface area contributed by atoms with E-state index in [1.807, 2.05) is 6.07 Å². The molecule has 0 aromatic carbocycles. The summed E-state index contributed by atoms with van der Waals surface area (Å²) in [5.74, 6) is 0.556. The van der Waals surface area contributed by atoms with Crippen LogP contribution in [0.4, 0.5) is 0 Å². The Kier molecular flexibility index (Phi) is 6.17. The van der Waals surface area contributed by atoms with Crippen LogP contribution in [-0.2, 0) is 6.42 Å². The van der Waals surface area contributed by atoms with Gasteiger partial charge in [0.2, 0.25) is 0 Å². The molecule has 0 saturated heterocycles. The average Bonchev–Trinajstić information content (AvgIpc) is 2.89. The summed E-state index contributed by atoms with van der Waals surface area (Å²) >= 11 is 5.97. The van der Waals surface area contributed by atoms with Crippen LogP contribution in [0.15, 0.2) is 12.4 Å². The highest BCUT2D eigenvalue weighted by Gasteiger charge is 2.06. The molecule has 20 heavy (non-hydrogen) atoms. The molecule has 110 valence electrons. The second-order valence-electron chi connectivity index (χ2n) is 4.68. The molecule has 0 aliphatic carbocycles. The summed E-state index contributed by atoms with van der Waals surface area (Å²) in [5.41, 5.74) is 1.05. The van der Waals surface area contributed by atoms with E-state index >= 15 is 0 Å². The smallest absolute Gasteiger partial charge is 0.253 e. The zero-order chi connectivity index (χ0) is 14.2. The number of fused-ring (bicyclic) bond motifs is 1. The Morgan fingerprint density at radius 2 is 2.05 bits per heavy atom. The minimum atomic E-state index is 0.205. The summed E-state index contributed by atoms with van der Waals surface area (Å²) in [7, 11) is 0. The lowest BCUT2D eigenvalue weighted by atomic mass is 10.1. The molecule has 7 heteroatoms. The first-order valence-electron chi connectivity index (χ1n) is 6.98. The van der Waals surface area contributed by atoms with Crippen LogP contribution in [0.5, 0.6) is 0 Å². The van der Waals surface area contributed by atoms with E-state index in [1.165, 1.54) is 12.7 Å². The van der Waals surface area contributed by atoms with Crippen LogP contribution < -0.4 is 5.32 Å². The van der Waals surface area contributed by atoms with Crippen molar-refractivity contribution < 1.29 is 5.11 Å². The van der Waals surface area contributed by atoms with Crippen LogP contribution in [-0.4, -0.2) is 44.4 Å². The van der Waals surface area contributed by atoms with Gasteiger partial charge in [-0.3, -0.25) is 0 Å². The van der Waals surface area contributed by atoms with Gasteiger partial charge < -0.3 is 10.4 Å². The van der Waals surface area contributed by atoms with Crippen molar-refractivity contribution in [3.05, 3.63) is 23.2 Å². The standard InChI is InChI=1S/C13H20ClN5O/c14-12-9-11(19-13(18-12)16-10-17-19)5-3-1-2-4-6-15-7-8-20/h9-10,15,20H,1-8H2. The Labute approximate surface area is 123 Å². The molecule has 0 atom stereocenters. The minimum absolute atomic E-state index is 0.205. The summed E-state index contributed by atoms with van der Waals surface area (Å²) in [6, 6.07) is 1.85. The van der Waals surface area contributed by atoms with E-state index in [0.717, 1.165) is 37.9 Å². The Bertz CT molecular complexity index is 530. The van der Waals surface area contributed by atoms with Gasteiger partial charge in [-0.1, -0.05) is 24.4 Å². The summed E-state index contributed by atoms with van der Waals surface area (Å²) in [6.45, 7) is 1.85. The lowest BCUT2D eigenvalue weighted by Gasteiger charge is -2.05. The summed E-state index contributed by atoms with van der Waals surface area (Å²) < 4.78 is 1.74. The number of halogens is 1. The Balaban J connectivity index is 1.72. The van der Waals surface area contributed by atoms with Crippen LogP contribution in [0.3, 0.4) is 0 Å². The third-order valence-corrected chi connectivity index (χ3v) is 3.31. The number of aryl methyl sites for hydroxylation is 1. The third-order valence-electron chi connectivity index (χ3n) is 3.12. The lowest BCUT2D eigenvalue weighted by molar-refractivity contribution is 0.292. The molecule has 0 spiro atoms. The summed E-state index contributed by atoms with van der Waals surface area (Å²) in [6.07, 6.45) is 6.99. The molecule has 6 nitrogen and oxygen atoms in total. The fourth-order valence-corrected chi connectivity index (χ4v) is 2.33. The van der Waals surface area contributed by atoms with Gasteiger partial charge in [-0.2, -0.15) is 15.1 Å². The van der Waals surface area contributed by atoms with Crippen molar-refractivity contribution in [2.75, 3.05) is 19.7 Å². The zero-order valence-electron chi connectivity index (χ0n) is 11.4. The number of aromatic nitrogens is 4. The van der Waals surface area contributed by atoms with Crippen LogP contribution in [0.1, 0.15) is 31.4 Å². The third kappa shape index (κ3) is 4.40. The normalized spacial score (nSPS) is 11.3. The second kappa shape index (κ2) is 8.14. The average molecular weight is 298 g/mol. The molecule has 2 aromatic heterocycles. The molecule has 0 fully saturated rings. The van der Waals surface area contributed by atoms with E-state index in [2.05, 4.69) is 20.4 Å². The fourth-order valence-electron chi connectivity index (χ4n) is 2.13. The van der Waals surface area contributed by atoms with Crippen molar-refractivity contribution in [3.8, 4) is 0 Å². The van der Waals surface area contributed by atoms with E-state index in [1.54, 1.807) is 4.52 Å². The molecular weight excluding hydrogens is 278 g/mol. The number of hydrogen-bond donors (Lipinski definition) is 2. The summed E-state index contributed by atoms with van der Waals surface area (Å²) in [5, 5.41) is 16.4. The molecule has 0 aliphatic heterocycles. The highest BCUT2D eigenvalue weighted by molar-refractivity contribution is 6.29. The minimum Gasteiger partial charge on any atom is -0.395 e. The second-order valence-corrected chi connectivity index (χ2v) is 5.07. The van der Waals surface area contributed by atoms with Gasteiger partial charge in [-0.05, 0) is 31.9 Å². The first-order chi connectivity index (χ1) is 9.81. The molecule has 2 N–H and O–H groups in total. The topological polar surface area (TPSA) is 75.3 Å². The Morgan fingerprint density at radius 1 is 1.20 bits per heavy atom. The van der Waals surface area contributed by atoms with Crippen molar-refractivity contribution in [2.45, 2.75) is 32.1 Å². The van der Waals surface area contributed by atoms with Gasteiger partial charge in [-0.15, -0.1) is 0 Å². The van der Waals surface area contributed by atoms with E-state index in [-0.39, 0.29) is 6.61 Å². The number of nitrogens with one attached hydrogen (secondary N) is 1. The predicted octanol–water partition coefficient (Wildman–Crippen LogP) is 1.46. The van der Waals surface area contributed by atoms with Crippen LogP contribution in [0.2, 0.25) is 5.15 Å². The molecule has 2 aromatic rings. The zero-order valence-corrected chi connectivity index (χ0v) is 12.2. The molecule has 0 radical (unpaired) electrons. The van der Waals surface area contributed by atoms with E-state index in [0.29, 0.717) is 17.5 Å². The fraction of sp³-hybridized carbons (Fsp3) is 0.615. The first-order valence-corrected chi connectivity index (χ1v) is 7.36. The van der Waals surface area contributed by atoms with Gasteiger partial charge in [-0.25, -0.2) is 4.52 Å².